The highest BCUT2D eigenvalue weighted by molar-refractivity contribution is 4.91. The number of hydrogen-bond donors (Lipinski definition) is 1. The second-order valence-corrected chi connectivity index (χ2v) is 5.67. The van der Waals surface area contributed by atoms with Crippen LogP contribution in [-0.4, -0.2) is 25.8 Å². The molecule has 1 unspecified atom stereocenters. The third-order valence-corrected chi connectivity index (χ3v) is 3.37. The number of rotatable bonds is 7. The van der Waals surface area contributed by atoms with Crippen LogP contribution in [0.2, 0.25) is 0 Å². The monoisotopic (exact) mass is 238 g/mol. The number of piperidine rings is 1. The third kappa shape index (κ3) is 6.65. The van der Waals surface area contributed by atoms with Crippen molar-refractivity contribution < 1.29 is 4.74 Å². The van der Waals surface area contributed by atoms with Crippen LogP contribution in [-0.2, 0) is 4.74 Å². The standard InChI is InChI=1S/C14H26N2O/c1-14(2,12-15)8-4-6-10-17-11-13-7-3-5-9-16-13/h13,16H,3-11H2,1-2H3. The molecule has 0 aromatic rings. The number of hydrogen-bond acceptors (Lipinski definition) is 3. The summed E-state index contributed by atoms with van der Waals surface area (Å²) in [7, 11) is 0. The summed E-state index contributed by atoms with van der Waals surface area (Å²) in [5.74, 6) is 0. The topological polar surface area (TPSA) is 45.0 Å². The smallest absolute Gasteiger partial charge is 0.0683 e. The number of ether oxygens (including phenoxy) is 1. The highest BCUT2D eigenvalue weighted by Gasteiger charge is 2.15. The molecule has 0 aliphatic carbocycles. The molecule has 3 heteroatoms. The zero-order valence-electron chi connectivity index (χ0n) is 11.3. The number of nitrogens with zero attached hydrogens (tertiary/aromatic N) is 1. The van der Waals surface area contributed by atoms with Crippen molar-refractivity contribution in [3.8, 4) is 6.07 Å². The zero-order chi connectivity index (χ0) is 12.6. The van der Waals surface area contributed by atoms with Crippen LogP contribution in [0.25, 0.3) is 0 Å². The van der Waals surface area contributed by atoms with Gasteiger partial charge in [-0.3, -0.25) is 0 Å². The average Bonchev–Trinajstić information content (AvgIpc) is 2.35. The SMILES string of the molecule is CC(C)(C#N)CCCCOCC1CCCCN1. The number of unbranched alkanes of at least 4 members (excludes halogenated alkanes) is 1. The van der Waals surface area contributed by atoms with Crippen LogP contribution in [0.1, 0.15) is 52.4 Å². The van der Waals surface area contributed by atoms with Gasteiger partial charge in [-0.05, 0) is 52.5 Å². The van der Waals surface area contributed by atoms with Gasteiger partial charge in [0.15, 0.2) is 0 Å². The molecule has 98 valence electrons. The summed E-state index contributed by atoms with van der Waals surface area (Å²) in [6.45, 7) is 6.82. The van der Waals surface area contributed by atoms with E-state index in [1.54, 1.807) is 0 Å². The van der Waals surface area contributed by atoms with E-state index in [0.717, 1.165) is 39.0 Å². The molecule has 1 atom stereocenters. The van der Waals surface area contributed by atoms with E-state index in [1.807, 2.05) is 13.8 Å². The van der Waals surface area contributed by atoms with E-state index in [9.17, 15) is 0 Å². The van der Waals surface area contributed by atoms with E-state index in [2.05, 4.69) is 11.4 Å². The van der Waals surface area contributed by atoms with E-state index < -0.39 is 0 Å². The summed E-state index contributed by atoms with van der Waals surface area (Å²) >= 11 is 0. The molecule has 0 saturated carbocycles. The molecule has 17 heavy (non-hydrogen) atoms. The van der Waals surface area contributed by atoms with Gasteiger partial charge in [-0.2, -0.15) is 5.26 Å². The molecule has 1 rings (SSSR count). The van der Waals surface area contributed by atoms with Crippen molar-refractivity contribution in [3.05, 3.63) is 0 Å². The predicted molar refractivity (Wildman–Crippen MR) is 69.7 cm³/mol. The van der Waals surface area contributed by atoms with Crippen molar-refractivity contribution in [1.82, 2.24) is 5.32 Å². The average molecular weight is 238 g/mol. The zero-order valence-corrected chi connectivity index (χ0v) is 11.3. The molecule has 3 nitrogen and oxygen atoms in total. The van der Waals surface area contributed by atoms with Gasteiger partial charge in [-0.15, -0.1) is 0 Å². The molecule has 1 N–H and O–H groups in total. The van der Waals surface area contributed by atoms with Crippen molar-refractivity contribution in [2.45, 2.75) is 58.4 Å². The molecular weight excluding hydrogens is 212 g/mol. The molecule has 0 bridgehead atoms. The minimum absolute atomic E-state index is 0.176. The molecule has 1 aliphatic rings. The van der Waals surface area contributed by atoms with Crippen molar-refractivity contribution in [2.75, 3.05) is 19.8 Å². The maximum atomic E-state index is 8.88. The molecule has 0 amide bonds. The van der Waals surface area contributed by atoms with Crippen LogP contribution in [0.3, 0.4) is 0 Å². The highest BCUT2D eigenvalue weighted by atomic mass is 16.5. The molecule has 0 radical (unpaired) electrons. The van der Waals surface area contributed by atoms with Gasteiger partial charge in [0.1, 0.15) is 0 Å². The normalized spacial score (nSPS) is 21.1. The minimum Gasteiger partial charge on any atom is -0.380 e. The Morgan fingerprint density at radius 2 is 2.18 bits per heavy atom. The summed E-state index contributed by atoms with van der Waals surface area (Å²) in [5, 5.41) is 12.4. The Bertz CT molecular complexity index is 239. The fourth-order valence-electron chi connectivity index (χ4n) is 2.12. The first kappa shape index (κ1) is 14.5. The van der Waals surface area contributed by atoms with Crippen molar-refractivity contribution in [1.29, 1.82) is 5.26 Å². The Kier molecular flexibility index (Phi) is 6.54. The summed E-state index contributed by atoms with van der Waals surface area (Å²) < 4.78 is 5.68. The lowest BCUT2D eigenvalue weighted by molar-refractivity contribution is 0.0987. The van der Waals surface area contributed by atoms with Crippen LogP contribution in [0.5, 0.6) is 0 Å². The van der Waals surface area contributed by atoms with E-state index >= 15 is 0 Å². The number of nitrogens with one attached hydrogen (secondary N) is 1. The van der Waals surface area contributed by atoms with E-state index in [-0.39, 0.29) is 5.41 Å². The lowest BCUT2D eigenvalue weighted by atomic mass is 9.89. The van der Waals surface area contributed by atoms with Gasteiger partial charge in [0.2, 0.25) is 0 Å². The fraction of sp³-hybridized carbons (Fsp3) is 0.929. The Labute approximate surface area is 106 Å². The highest BCUT2D eigenvalue weighted by Crippen LogP contribution is 2.21. The van der Waals surface area contributed by atoms with Crippen LogP contribution in [0.15, 0.2) is 0 Å². The second kappa shape index (κ2) is 7.68. The molecule has 0 spiro atoms. The van der Waals surface area contributed by atoms with Gasteiger partial charge in [0, 0.05) is 12.6 Å². The summed E-state index contributed by atoms with van der Waals surface area (Å²) in [4.78, 5) is 0. The first-order valence-electron chi connectivity index (χ1n) is 6.86. The molecule has 1 heterocycles. The summed E-state index contributed by atoms with van der Waals surface area (Å²) in [6, 6.07) is 2.90. The van der Waals surface area contributed by atoms with Crippen molar-refractivity contribution >= 4 is 0 Å². The van der Waals surface area contributed by atoms with E-state index in [1.165, 1.54) is 19.3 Å². The molecule has 0 aromatic carbocycles. The molecule has 0 aromatic heterocycles. The van der Waals surface area contributed by atoms with Crippen LogP contribution in [0.4, 0.5) is 0 Å². The third-order valence-electron chi connectivity index (χ3n) is 3.37. The maximum absolute atomic E-state index is 8.88. The quantitative estimate of drug-likeness (QED) is 0.694. The van der Waals surface area contributed by atoms with Gasteiger partial charge < -0.3 is 10.1 Å². The van der Waals surface area contributed by atoms with Crippen LogP contribution >= 0.6 is 0 Å². The largest absolute Gasteiger partial charge is 0.380 e. The molecule has 1 aliphatic heterocycles. The first-order valence-corrected chi connectivity index (χ1v) is 6.86. The van der Waals surface area contributed by atoms with Gasteiger partial charge in [0.05, 0.1) is 18.1 Å². The lowest BCUT2D eigenvalue weighted by Crippen LogP contribution is -2.37. The second-order valence-electron chi connectivity index (χ2n) is 5.67. The van der Waals surface area contributed by atoms with Gasteiger partial charge in [-0.1, -0.05) is 6.42 Å². The van der Waals surface area contributed by atoms with E-state index in [0.29, 0.717) is 6.04 Å². The molecule has 1 fully saturated rings. The molecular formula is C14H26N2O. The maximum Gasteiger partial charge on any atom is 0.0683 e. The lowest BCUT2D eigenvalue weighted by Gasteiger charge is -2.23. The summed E-state index contributed by atoms with van der Waals surface area (Å²) in [6.07, 6.45) is 7.00. The predicted octanol–water partition coefficient (Wildman–Crippen LogP) is 2.87. The Hall–Kier alpha value is -0.590. The van der Waals surface area contributed by atoms with Gasteiger partial charge in [0.25, 0.3) is 0 Å². The van der Waals surface area contributed by atoms with Crippen LogP contribution in [0, 0.1) is 16.7 Å². The minimum atomic E-state index is -0.176. The van der Waals surface area contributed by atoms with Crippen molar-refractivity contribution in [2.24, 2.45) is 5.41 Å². The first-order chi connectivity index (χ1) is 8.14. The van der Waals surface area contributed by atoms with Gasteiger partial charge in [-0.25, -0.2) is 0 Å². The molecule has 1 saturated heterocycles. The Balaban J connectivity index is 1.92. The Morgan fingerprint density at radius 1 is 1.35 bits per heavy atom. The summed E-state index contributed by atoms with van der Waals surface area (Å²) in [5.41, 5.74) is -0.176. The van der Waals surface area contributed by atoms with Crippen LogP contribution < -0.4 is 5.32 Å². The van der Waals surface area contributed by atoms with Crippen molar-refractivity contribution in [3.63, 3.8) is 0 Å². The Morgan fingerprint density at radius 3 is 2.82 bits per heavy atom. The van der Waals surface area contributed by atoms with Gasteiger partial charge >= 0.3 is 0 Å². The fourth-order valence-corrected chi connectivity index (χ4v) is 2.12. The number of nitriles is 1. The van der Waals surface area contributed by atoms with E-state index in [4.69, 9.17) is 10.00 Å².